The molecule has 132 valence electrons. The number of rotatable bonds is 4. The van der Waals surface area contributed by atoms with Gasteiger partial charge in [0.2, 0.25) is 10.0 Å². The van der Waals surface area contributed by atoms with Crippen molar-refractivity contribution in [2.45, 2.75) is 49.1 Å². The van der Waals surface area contributed by atoms with Crippen molar-refractivity contribution in [1.82, 2.24) is 4.31 Å². The Bertz CT molecular complexity index is 751. The van der Waals surface area contributed by atoms with Gasteiger partial charge in [0.25, 0.3) is 0 Å². The quantitative estimate of drug-likeness (QED) is 0.893. The maximum absolute atomic E-state index is 13.6. The number of halogens is 1. The van der Waals surface area contributed by atoms with Crippen LogP contribution >= 0.6 is 0 Å². The Balaban J connectivity index is 2.04. The van der Waals surface area contributed by atoms with Crippen molar-refractivity contribution in [2.75, 3.05) is 7.11 Å². The maximum Gasteiger partial charge on any atom is 0.322 e. The minimum Gasteiger partial charge on any atom is -0.494 e. The molecule has 1 aromatic rings. The molecule has 3 rings (SSSR count). The molecule has 8 heteroatoms. The van der Waals surface area contributed by atoms with Crippen molar-refractivity contribution in [3.05, 3.63) is 24.0 Å². The minimum absolute atomic E-state index is 0.0666. The highest BCUT2D eigenvalue weighted by Gasteiger charge is 2.51. The molecule has 1 heterocycles. The second-order valence-corrected chi connectivity index (χ2v) is 8.18. The third-order valence-corrected chi connectivity index (χ3v) is 6.94. The first kappa shape index (κ1) is 17.2. The summed E-state index contributed by atoms with van der Waals surface area (Å²) in [5.41, 5.74) is 0. The van der Waals surface area contributed by atoms with Gasteiger partial charge in [-0.2, -0.15) is 4.31 Å². The number of carboxylic acids is 1. The number of sulfonamides is 1. The lowest BCUT2D eigenvalue weighted by molar-refractivity contribution is -0.141. The van der Waals surface area contributed by atoms with Crippen molar-refractivity contribution in [2.24, 2.45) is 5.92 Å². The van der Waals surface area contributed by atoms with Gasteiger partial charge in [-0.1, -0.05) is 12.8 Å². The van der Waals surface area contributed by atoms with Crippen molar-refractivity contribution in [3.8, 4) is 5.75 Å². The zero-order valence-electron chi connectivity index (χ0n) is 13.3. The summed E-state index contributed by atoms with van der Waals surface area (Å²) in [6.07, 6.45) is 3.70. The molecule has 24 heavy (non-hydrogen) atoms. The predicted molar refractivity (Wildman–Crippen MR) is 83.8 cm³/mol. The van der Waals surface area contributed by atoms with Crippen LogP contribution in [0.15, 0.2) is 23.1 Å². The fourth-order valence-electron chi connectivity index (χ4n) is 3.90. The van der Waals surface area contributed by atoms with E-state index in [0.717, 1.165) is 41.8 Å². The van der Waals surface area contributed by atoms with Crippen LogP contribution in [0.1, 0.15) is 32.1 Å². The first-order chi connectivity index (χ1) is 11.4. The molecular weight excluding hydrogens is 337 g/mol. The van der Waals surface area contributed by atoms with Gasteiger partial charge in [0.15, 0.2) is 11.6 Å². The average Bonchev–Trinajstić information content (AvgIpc) is 2.95. The van der Waals surface area contributed by atoms with Gasteiger partial charge in [-0.05, 0) is 37.3 Å². The highest BCUT2D eigenvalue weighted by atomic mass is 32.2. The summed E-state index contributed by atoms with van der Waals surface area (Å²) in [5.74, 6) is -1.91. The van der Waals surface area contributed by atoms with E-state index in [1.165, 1.54) is 7.11 Å². The van der Waals surface area contributed by atoms with E-state index in [1.807, 2.05) is 0 Å². The molecule has 1 N–H and O–H groups in total. The zero-order chi connectivity index (χ0) is 17.5. The summed E-state index contributed by atoms with van der Waals surface area (Å²) >= 11 is 0. The Morgan fingerprint density at radius 2 is 2.04 bits per heavy atom. The molecule has 3 unspecified atom stereocenters. The molecule has 0 spiro atoms. The highest BCUT2D eigenvalue weighted by Crippen LogP contribution is 2.43. The number of hydrogen-bond acceptors (Lipinski definition) is 4. The fraction of sp³-hybridized carbons (Fsp3) is 0.562. The van der Waals surface area contributed by atoms with E-state index in [4.69, 9.17) is 4.74 Å². The van der Waals surface area contributed by atoms with Gasteiger partial charge in [0, 0.05) is 12.1 Å². The number of methoxy groups -OCH3 is 1. The van der Waals surface area contributed by atoms with Crippen LogP contribution in [0.4, 0.5) is 4.39 Å². The number of nitrogens with zero attached hydrogens (tertiary/aromatic N) is 1. The molecule has 1 aliphatic carbocycles. The molecule has 3 atom stereocenters. The molecular formula is C16H20FNO5S. The van der Waals surface area contributed by atoms with Crippen LogP contribution in [0.25, 0.3) is 0 Å². The number of carbonyl (C=O) groups is 1. The number of fused-ring (bicyclic) bond motifs is 1. The molecule has 0 aromatic heterocycles. The van der Waals surface area contributed by atoms with E-state index in [9.17, 15) is 22.7 Å². The molecule has 1 saturated heterocycles. The largest absolute Gasteiger partial charge is 0.494 e. The monoisotopic (exact) mass is 357 g/mol. The molecule has 1 saturated carbocycles. The molecule has 6 nitrogen and oxygen atoms in total. The van der Waals surface area contributed by atoms with Crippen LogP contribution in [-0.2, 0) is 14.8 Å². The van der Waals surface area contributed by atoms with E-state index in [0.29, 0.717) is 12.8 Å². The van der Waals surface area contributed by atoms with Crippen molar-refractivity contribution in [1.29, 1.82) is 0 Å². The SMILES string of the molecule is COc1cc(S(=O)(=O)N2C(C(=O)O)CC3CCCCC32)ccc1F. The molecule has 0 radical (unpaired) electrons. The number of carboxylic acid groups (broad SMARTS) is 1. The number of aliphatic carboxylic acids is 1. The van der Waals surface area contributed by atoms with Gasteiger partial charge in [-0.15, -0.1) is 0 Å². The van der Waals surface area contributed by atoms with Crippen LogP contribution in [0.2, 0.25) is 0 Å². The van der Waals surface area contributed by atoms with Crippen molar-refractivity contribution >= 4 is 16.0 Å². The third-order valence-electron chi connectivity index (χ3n) is 5.01. The lowest BCUT2D eigenvalue weighted by Crippen LogP contribution is -2.46. The van der Waals surface area contributed by atoms with Crippen LogP contribution in [0.3, 0.4) is 0 Å². The number of hydrogen-bond donors (Lipinski definition) is 1. The second kappa shape index (κ2) is 6.33. The minimum atomic E-state index is -4.05. The van der Waals surface area contributed by atoms with Gasteiger partial charge in [-0.3, -0.25) is 4.79 Å². The van der Waals surface area contributed by atoms with Gasteiger partial charge in [0.05, 0.1) is 12.0 Å². The average molecular weight is 357 g/mol. The summed E-state index contributed by atoms with van der Waals surface area (Å²) in [6, 6.07) is 1.91. The van der Waals surface area contributed by atoms with Gasteiger partial charge < -0.3 is 9.84 Å². The summed E-state index contributed by atoms with van der Waals surface area (Å²) in [7, 11) is -2.79. The standard InChI is InChI=1S/C16H20FNO5S/c1-23-15-9-11(6-7-12(15)17)24(21,22)18-13-5-3-2-4-10(13)8-14(18)16(19)20/h6-7,9-10,13-14H,2-5,8H2,1H3,(H,19,20). The molecule has 0 bridgehead atoms. The Hall–Kier alpha value is -1.67. The highest BCUT2D eigenvalue weighted by molar-refractivity contribution is 7.89. The lowest BCUT2D eigenvalue weighted by atomic mass is 9.85. The van der Waals surface area contributed by atoms with Crippen LogP contribution in [-0.4, -0.2) is 43.0 Å². The zero-order valence-corrected chi connectivity index (χ0v) is 14.1. The Kier molecular flexibility index (Phi) is 4.52. The molecule has 1 aromatic carbocycles. The Morgan fingerprint density at radius 3 is 2.71 bits per heavy atom. The molecule has 2 aliphatic rings. The maximum atomic E-state index is 13.6. The van der Waals surface area contributed by atoms with Crippen LogP contribution < -0.4 is 4.74 Å². The smallest absolute Gasteiger partial charge is 0.322 e. The lowest BCUT2D eigenvalue weighted by Gasteiger charge is -2.32. The molecule has 2 fully saturated rings. The van der Waals surface area contributed by atoms with E-state index in [1.54, 1.807) is 0 Å². The van der Waals surface area contributed by atoms with Crippen molar-refractivity contribution < 1.29 is 27.4 Å². The molecule has 0 amide bonds. The van der Waals surface area contributed by atoms with E-state index >= 15 is 0 Å². The predicted octanol–water partition coefficient (Wildman–Crippen LogP) is 2.24. The Morgan fingerprint density at radius 1 is 1.33 bits per heavy atom. The van der Waals surface area contributed by atoms with Gasteiger partial charge in [-0.25, -0.2) is 12.8 Å². The first-order valence-corrected chi connectivity index (χ1v) is 9.40. The topological polar surface area (TPSA) is 83.9 Å². The normalized spacial score (nSPS) is 27.7. The Labute approximate surface area is 140 Å². The van der Waals surface area contributed by atoms with E-state index in [2.05, 4.69) is 0 Å². The van der Waals surface area contributed by atoms with Gasteiger partial charge in [0.1, 0.15) is 6.04 Å². The number of benzene rings is 1. The summed E-state index contributed by atoms with van der Waals surface area (Å²) in [4.78, 5) is 11.5. The molecule has 1 aliphatic heterocycles. The fourth-order valence-corrected chi connectivity index (χ4v) is 5.78. The van der Waals surface area contributed by atoms with E-state index in [-0.39, 0.29) is 22.6 Å². The van der Waals surface area contributed by atoms with Crippen molar-refractivity contribution in [3.63, 3.8) is 0 Å². The summed E-state index contributed by atoms with van der Waals surface area (Å²) in [5, 5.41) is 9.49. The second-order valence-electron chi connectivity index (χ2n) is 6.33. The number of ether oxygens (including phenoxy) is 1. The van der Waals surface area contributed by atoms with Gasteiger partial charge >= 0.3 is 5.97 Å². The summed E-state index contributed by atoms with van der Waals surface area (Å²) < 4.78 is 45.7. The van der Waals surface area contributed by atoms with Crippen LogP contribution in [0, 0.1) is 11.7 Å². The summed E-state index contributed by atoms with van der Waals surface area (Å²) in [6.45, 7) is 0. The first-order valence-electron chi connectivity index (χ1n) is 7.96. The van der Waals surface area contributed by atoms with Crippen LogP contribution in [0.5, 0.6) is 5.75 Å². The third kappa shape index (κ3) is 2.77. The van der Waals surface area contributed by atoms with E-state index < -0.39 is 27.9 Å².